The molecule has 1 heterocycles. The van der Waals surface area contributed by atoms with Crippen LogP contribution in [0.4, 0.5) is 4.39 Å². The van der Waals surface area contributed by atoms with E-state index in [0.717, 1.165) is 5.69 Å². The number of nitrogens with two attached hydrogens (primary N) is 1. The summed E-state index contributed by atoms with van der Waals surface area (Å²) >= 11 is 0. The van der Waals surface area contributed by atoms with Gasteiger partial charge in [-0.2, -0.15) is 0 Å². The zero-order valence-corrected chi connectivity index (χ0v) is 10.3. The third-order valence-corrected chi connectivity index (χ3v) is 2.49. The summed E-state index contributed by atoms with van der Waals surface area (Å²) in [6.07, 6.45) is 1.65. The maximum atomic E-state index is 13.5. The van der Waals surface area contributed by atoms with Gasteiger partial charge in [0.1, 0.15) is 11.6 Å². The van der Waals surface area contributed by atoms with Crippen LogP contribution in [0, 0.1) is 19.7 Å². The van der Waals surface area contributed by atoms with E-state index in [4.69, 9.17) is 10.5 Å². The molecule has 0 unspecified atom stereocenters. The highest BCUT2D eigenvalue weighted by molar-refractivity contribution is 5.32. The van der Waals surface area contributed by atoms with E-state index < -0.39 is 0 Å². The van der Waals surface area contributed by atoms with Crippen LogP contribution in [0.15, 0.2) is 24.4 Å². The lowest BCUT2D eigenvalue weighted by Gasteiger charge is -2.08. The van der Waals surface area contributed by atoms with Crippen LogP contribution in [0.3, 0.4) is 0 Å². The van der Waals surface area contributed by atoms with Crippen molar-refractivity contribution in [2.75, 3.05) is 0 Å². The normalized spacial score (nSPS) is 10.4. The van der Waals surface area contributed by atoms with Gasteiger partial charge in [-0.25, -0.2) is 9.37 Å². The first kappa shape index (κ1) is 12.4. The number of rotatable bonds is 3. The Bertz CT molecular complexity index is 572. The van der Waals surface area contributed by atoms with Crippen molar-refractivity contribution >= 4 is 0 Å². The Balaban J connectivity index is 2.28. The van der Waals surface area contributed by atoms with Gasteiger partial charge in [0.25, 0.3) is 0 Å². The zero-order valence-electron chi connectivity index (χ0n) is 10.3. The van der Waals surface area contributed by atoms with E-state index >= 15 is 0 Å². The van der Waals surface area contributed by atoms with Crippen molar-refractivity contribution in [2.45, 2.75) is 20.4 Å². The van der Waals surface area contributed by atoms with Gasteiger partial charge < -0.3 is 10.5 Å². The summed E-state index contributed by atoms with van der Waals surface area (Å²) in [5.41, 5.74) is 7.25. The first-order valence-corrected chi connectivity index (χ1v) is 5.56. The number of aromatic nitrogens is 2. The van der Waals surface area contributed by atoms with E-state index in [9.17, 15) is 4.39 Å². The van der Waals surface area contributed by atoms with E-state index in [1.54, 1.807) is 25.3 Å². The molecule has 0 aliphatic carbocycles. The van der Waals surface area contributed by atoms with Crippen molar-refractivity contribution in [1.29, 1.82) is 0 Å². The molecule has 2 aromatic rings. The Morgan fingerprint density at radius 1 is 1.33 bits per heavy atom. The Morgan fingerprint density at radius 2 is 2.11 bits per heavy atom. The van der Waals surface area contributed by atoms with Crippen LogP contribution in [-0.2, 0) is 6.54 Å². The predicted molar refractivity (Wildman–Crippen MR) is 65.9 cm³/mol. The van der Waals surface area contributed by atoms with Crippen LogP contribution in [0.1, 0.15) is 17.0 Å². The highest BCUT2D eigenvalue weighted by Crippen LogP contribution is 2.23. The smallest absolute Gasteiger partial charge is 0.241 e. The molecule has 94 valence electrons. The van der Waals surface area contributed by atoms with Crippen molar-refractivity contribution in [3.8, 4) is 11.6 Å². The second kappa shape index (κ2) is 5.10. The van der Waals surface area contributed by atoms with E-state index in [1.165, 1.54) is 6.07 Å². The van der Waals surface area contributed by atoms with Crippen molar-refractivity contribution in [3.63, 3.8) is 0 Å². The maximum absolute atomic E-state index is 13.5. The second-order valence-electron chi connectivity index (χ2n) is 3.96. The molecule has 1 aromatic carbocycles. The Hall–Kier alpha value is -2.01. The number of aryl methyl sites for hydroxylation is 2. The lowest BCUT2D eigenvalue weighted by atomic mass is 10.2. The lowest BCUT2D eigenvalue weighted by molar-refractivity contribution is 0.448. The third-order valence-electron chi connectivity index (χ3n) is 2.49. The fourth-order valence-electron chi connectivity index (χ4n) is 1.48. The predicted octanol–water partition coefficient (Wildman–Crippen LogP) is 2.48. The third kappa shape index (κ3) is 2.62. The minimum atomic E-state index is -0.381. The molecule has 0 saturated heterocycles. The SMILES string of the molecule is Cc1cnc(C)c(Oc2ccc(CN)c(F)c2)n1. The molecule has 4 nitrogen and oxygen atoms in total. The summed E-state index contributed by atoms with van der Waals surface area (Å²) in [7, 11) is 0. The molecule has 5 heteroatoms. The summed E-state index contributed by atoms with van der Waals surface area (Å²) in [6, 6.07) is 4.56. The van der Waals surface area contributed by atoms with E-state index in [2.05, 4.69) is 9.97 Å². The van der Waals surface area contributed by atoms with Gasteiger partial charge in [-0.05, 0) is 19.9 Å². The molecule has 18 heavy (non-hydrogen) atoms. The van der Waals surface area contributed by atoms with Gasteiger partial charge in [0.2, 0.25) is 5.88 Å². The Labute approximate surface area is 105 Å². The molecular weight excluding hydrogens is 233 g/mol. The fourth-order valence-corrected chi connectivity index (χ4v) is 1.48. The first-order valence-electron chi connectivity index (χ1n) is 5.56. The molecule has 0 amide bonds. The topological polar surface area (TPSA) is 61.0 Å². The summed E-state index contributed by atoms with van der Waals surface area (Å²) in [5, 5.41) is 0. The average molecular weight is 247 g/mol. The molecule has 0 radical (unpaired) electrons. The quantitative estimate of drug-likeness (QED) is 0.905. The lowest BCUT2D eigenvalue weighted by Crippen LogP contribution is -2.00. The summed E-state index contributed by atoms with van der Waals surface area (Å²) in [4.78, 5) is 8.34. The molecule has 0 fully saturated rings. The van der Waals surface area contributed by atoms with Gasteiger partial charge in [-0.1, -0.05) is 6.07 Å². The van der Waals surface area contributed by atoms with Crippen LogP contribution in [0.5, 0.6) is 11.6 Å². The number of nitrogens with zero attached hydrogens (tertiary/aromatic N) is 2. The van der Waals surface area contributed by atoms with E-state index in [0.29, 0.717) is 22.9 Å². The van der Waals surface area contributed by atoms with Crippen LogP contribution < -0.4 is 10.5 Å². The summed E-state index contributed by atoms with van der Waals surface area (Å²) in [5.74, 6) is 0.385. The van der Waals surface area contributed by atoms with Crippen LogP contribution >= 0.6 is 0 Å². The van der Waals surface area contributed by atoms with Crippen molar-refractivity contribution < 1.29 is 9.13 Å². The van der Waals surface area contributed by atoms with Gasteiger partial charge in [0.15, 0.2) is 0 Å². The van der Waals surface area contributed by atoms with Gasteiger partial charge in [-0.15, -0.1) is 0 Å². The number of ether oxygens (including phenoxy) is 1. The van der Waals surface area contributed by atoms with Gasteiger partial charge in [-0.3, -0.25) is 4.98 Å². The minimum Gasteiger partial charge on any atom is -0.437 e. The average Bonchev–Trinajstić information content (AvgIpc) is 2.34. The fraction of sp³-hybridized carbons (Fsp3) is 0.231. The van der Waals surface area contributed by atoms with Crippen LogP contribution in [-0.4, -0.2) is 9.97 Å². The highest BCUT2D eigenvalue weighted by Gasteiger charge is 2.07. The van der Waals surface area contributed by atoms with Gasteiger partial charge in [0.05, 0.1) is 11.4 Å². The number of halogens is 1. The molecule has 0 atom stereocenters. The summed E-state index contributed by atoms with van der Waals surface area (Å²) < 4.78 is 19.1. The van der Waals surface area contributed by atoms with Crippen molar-refractivity contribution in [2.24, 2.45) is 5.73 Å². The van der Waals surface area contributed by atoms with Gasteiger partial charge >= 0.3 is 0 Å². The minimum absolute atomic E-state index is 0.162. The maximum Gasteiger partial charge on any atom is 0.241 e. The molecule has 0 bridgehead atoms. The molecule has 2 rings (SSSR count). The Kier molecular flexibility index (Phi) is 3.53. The molecule has 1 aromatic heterocycles. The monoisotopic (exact) mass is 247 g/mol. The standard InChI is InChI=1S/C13H14FN3O/c1-8-7-16-9(2)13(17-8)18-11-4-3-10(6-15)12(14)5-11/h3-5,7H,6,15H2,1-2H3. The van der Waals surface area contributed by atoms with E-state index in [-0.39, 0.29) is 12.4 Å². The van der Waals surface area contributed by atoms with Gasteiger partial charge in [0, 0.05) is 24.4 Å². The molecule has 2 N–H and O–H groups in total. The first-order chi connectivity index (χ1) is 8.60. The molecule has 0 saturated carbocycles. The molecule has 0 spiro atoms. The molecule has 0 aliphatic rings. The molecule has 0 aliphatic heterocycles. The van der Waals surface area contributed by atoms with Crippen LogP contribution in [0.25, 0.3) is 0 Å². The van der Waals surface area contributed by atoms with Crippen LogP contribution in [0.2, 0.25) is 0 Å². The highest BCUT2D eigenvalue weighted by atomic mass is 19.1. The van der Waals surface area contributed by atoms with Crippen molar-refractivity contribution in [1.82, 2.24) is 9.97 Å². The number of benzene rings is 1. The number of hydrogen-bond acceptors (Lipinski definition) is 4. The number of hydrogen-bond donors (Lipinski definition) is 1. The summed E-state index contributed by atoms with van der Waals surface area (Å²) in [6.45, 7) is 3.76. The Morgan fingerprint density at radius 3 is 2.78 bits per heavy atom. The zero-order chi connectivity index (χ0) is 13.1. The molecular formula is C13H14FN3O. The van der Waals surface area contributed by atoms with Crippen molar-refractivity contribution in [3.05, 3.63) is 47.2 Å². The largest absolute Gasteiger partial charge is 0.437 e. The second-order valence-corrected chi connectivity index (χ2v) is 3.96. The van der Waals surface area contributed by atoms with E-state index in [1.807, 2.05) is 6.92 Å².